The zero-order chi connectivity index (χ0) is 24.9. The highest BCUT2D eigenvalue weighted by Gasteiger charge is 2.28. The molecule has 0 radical (unpaired) electrons. The van der Waals surface area contributed by atoms with Crippen molar-refractivity contribution in [2.45, 2.75) is 26.9 Å². The van der Waals surface area contributed by atoms with Crippen LogP contribution in [-0.4, -0.2) is 97.5 Å². The van der Waals surface area contributed by atoms with Crippen LogP contribution in [0.5, 0.6) is 0 Å². The molecule has 3 rings (SSSR count). The molecule has 1 aliphatic heterocycles. The molecule has 1 unspecified atom stereocenters. The first-order valence-electron chi connectivity index (χ1n) is 12.2. The van der Waals surface area contributed by atoms with Gasteiger partial charge in [-0.3, -0.25) is 5.41 Å². The van der Waals surface area contributed by atoms with Gasteiger partial charge in [-0.25, -0.2) is 15.0 Å². The van der Waals surface area contributed by atoms with E-state index in [0.29, 0.717) is 74.3 Å². The topological polar surface area (TPSA) is 144 Å². The van der Waals surface area contributed by atoms with Crippen molar-refractivity contribution < 1.29 is 19.6 Å². The Bertz CT molecular complexity index is 911. The summed E-state index contributed by atoms with van der Waals surface area (Å²) in [6.45, 7) is 12.4. The molecule has 0 spiro atoms. The second-order valence-electron chi connectivity index (χ2n) is 7.84. The Labute approximate surface area is 206 Å². The number of rotatable bonds is 15. The van der Waals surface area contributed by atoms with Gasteiger partial charge in [0, 0.05) is 52.1 Å². The molecule has 0 bridgehead atoms. The third-order valence-electron chi connectivity index (χ3n) is 5.39. The van der Waals surface area contributed by atoms with E-state index in [2.05, 4.69) is 30.8 Å². The highest BCUT2D eigenvalue weighted by molar-refractivity contribution is 6.04. The third-order valence-corrected chi connectivity index (χ3v) is 5.39. The largest absolute Gasteiger partial charge is 0.380 e. The van der Waals surface area contributed by atoms with E-state index in [1.807, 2.05) is 20.8 Å². The number of aromatic nitrogens is 4. The Morgan fingerprint density at radius 3 is 2.63 bits per heavy atom. The molecule has 12 nitrogen and oxygen atoms in total. The molecule has 1 fully saturated rings. The number of hydrogen-bond donors (Lipinski definition) is 4. The van der Waals surface area contributed by atoms with Crippen molar-refractivity contribution in [2.24, 2.45) is 0 Å². The summed E-state index contributed by atoms with van der Waals surface area (Å²) in [5.41, 5.74) is 1.76. The Hall–Kier alpha value is -2.93. The Balaban J connectivity index is 1.96. The molecule has 35 heavy (non-hydrogen) atoms. The summed E-state index contributed by atoms with van der Waals surface area (Å²) in [6, 6.07) is 1.78. The van der Waals surface area contributed by atoms with Crippen LogP contribution in [0.1, 0.15) is 26.5 Å². The summed E-state index contributed by atoms with van der Waals surface area (Å²) in [5.74, 6) is 1.78. The standard InChI is InChI=1S/C23H37N9O3/c1-4-33-13-10-27-21-20(19(24)17(3)35-15-14-34-5-2)30-23(32-11-8-25-9-12-32)31-22(21)29-18-6-7-26-16-28-18/h6-7,16-17,24-25,27H,4-5,8-15H2,1-3H3,(H,26,28,29,30,31)/p+1. The van der Waals surface area contributed by atoms with Crippen LogP contribution in [-0.2, 0) is 14.2 Å². The molecule has 1 saturated heterocycles. The summed E-state index contributed by atoms with van der Waals surface area (Å²) in [6.07, 6.45) is 2.78. The quantitative estimate of drug-likeness (QED) is 0.196. The number of hydrogen-bond acceptors (Lipinski definition) is 11. The van der Waals surface area contributed by atoms with Crippen molar-refractivity contribution in [1.82, 2.24) is 25.3 Å². The van der Waals surface area contributed by atoms with E-state index in [1.54, 1.807) is 12.3 Å². The van der Waals surface area contributed by atoms with Gasteiger partial charge >= 0.3 is 0 Å². The summed E-state index contributed by atoms with van der Waals surface area (Å²) in [5, 5.41) is 16.7. The Morgan fingerprint density at radius 2 is 1.91 bits per heavy atom. The van der Waals surface area contributed by atoms with Crippen molar-refractivity contribution in [1.29, 1.82) is 0 Å². The molecular formula is C23H38N9O3+. The maximum Gasteiger partial charge on any atom is 0.229 e. The monoisotopic (exact) mass is 488 g/mol. The maximum absolute atomic E-state index is 6.65. The minimum absolute atomic E-state index is 0.374. The summed E-state index contributed by atoms with van der Waals surface area (Å²) >= 11 is 0. The smallest absolute Gasteiger partial charge is 0.229 e. The van der Waals surface area contributed by atoms with E-state index in [-0.39, 0.29) is 6.10 Å². The second-order valence-corrected chi connectivity index (χ2v) is 7.84. The van der Waals surface area contributed by atoms with E-state index in [1.165, 1.54) is 6.33 Å². The van der Waals surface area contributed by atoms with Crippen LogP contribution in [0.4, 0.5) is 23.3 Å². The minimum atomic E-state index is -0.374. The first-order chi connectivity index (χ1) is 17.1. The average Bonchev–Trinajstić information content (AvgIpc) is 2.90. The van der Waals surface area contributed by atoms with Gasteiger partial charge in [0.05, 0.1) is 19.8 Å². The van der Waals surface area contributed by atoms with E-state index >= 15 is 0 Å². The molecule has 1 atom stereocenters. The van der Waals surface area contributed by atoms with Gasteiger partial charge in [-0.2, -0.15) is 4.98 Å². The van der Waals surface area contributed by atoms with Crippen LogP contribution in [0.25, 0.3) is 0 Å². The van der Waals surface area contributed by atoms with Gasteiger partial charge in [0.2, 0.25) is 11.7 Å². The van der Waals surface area contributed by atoms with Gasteiger partial charge in [-0.05, 0) is 26.8 Å². The molecule has 12 heteroatoms. The van der Waals surface area contributed by atoms with Crippen LogP contribution in [0.2, 0.25) is 0 Å². The minimum Gasteiger partial charge on any atom is -0.380 e. The summed E-state index contributed by atoms with van der Waals surface area (Å²) in [4.78, 5) is 20.2. The van der Waals surface area contributed by atoms with Crippen molar-refractivity contribution >= 4 is 29.0 Å². The van der Waals surface area contributed by atoms with Crippen LogP contribution < -0.4 is 26.3 Å². The van der Waals surface area contributed by atoms with Crippen LogP contribution in [0.3, 0.4) is 0 Å². The fourth-order valence-corrected chi connectivity index (χ4v) is 3.51. The zero-order valence-corrected chi connectivity index (χ0v) is 20.9. The highest BCUT2D eigenvalue weighted by Crippen LogP contribution is 2.29. The fraction of sp³-hybridized carbons (Fsp3) is 0.609. The average molecular weight is 489 g/mol. The van der Waals surface area contributed by atoms with E-state index in [4.69, 9.17) is 29.6 Å². The SMILES string of the molecule is CCOCCNc1c(Nc2ccncn2)nc(N2CCNCC2)nc1C(=[NH2+])C(C)OCCOCC. The van der Waals surface area contributed by atoms with Crippen LogP contribution in [0.15, 0.2) is 18.6 Å². The molecule has 1 aliphatic rings. The predicted octanol–water partition coefficient (Wildman–Crippen LogP) is -0.142. The molecule has 2 aromatic heterocycles. The van der Waals surface area contributed by atoms with E-state index in [9.17, 15) is 0 Å². The Morgan fingerprint density at radius 1 is 1.14 bits per heavy atom. The molecule has 0 saturated carbocycles. The molecular weight excluding hydrogens is 450 g/mol. The number of nitrogens with zero attached hydrogens (tertiary/aromatic N) is 5. The summed E-state index contributed by atoms with van der Waals surface area (Å²) in [7, 11) is 0. The van der Waals surface area contributed by atoms with E-state index < -0.39 is 0 Å². The Kier molecular flexibility index (Phi) is 11.0. The molecule has 0 aromatic carbocycles. The first-order valence-corrected chi connectivity index (χ1v) is 12.2. The molecule has 5 N–H and O–H groups in total. The van der Waals surface area contributed by atoms with E-state index in [0.717, 1.165) is 26.2 Å². The fourth-order valence-electron chi connectivity index (χ4n) is 3.51. The summed E-state index contributed by atoms with van der Waals surface area (Å²) < 4.78 is 16.8. The van der Waals surface area contributed by atoms with Crippen LogP contribution in [0, 0.1) is 0 Å². The lowest BCUT2D eigenvalue weighted by molar-refractivity contribution is -0.126. The number of nitrogens with two attached hydrogens (primary N) is 1. The van der Waals surface area contributed by atoms with Crippen molar-refractivity contribution in [3.63, 3.8) is 0 Å². The zero-order valence-electron chi connectivity index (χ0n) is 20.9. The molecule has 0 aliphatic carbocycles. The van der Waals surface area contributed by atoms with Crippen LogP contribution >= 0.6 is 0 Å². The lowest BCUT2D eigenvalue weighted by atomic mass is 10.1. The third kappa shape index (κ3) is 8.06. The van der Waals surface area contributed by atoms with Crippen molar-refractivity contribution in [3.05, 3.63) is 24.3 Å². The second kappa shape index (κ2) is 14.5. The number of nitrogens with one attached hydrogen (secondary N) is 3. The van der Waals surface area contributed by atoms with Gasteiger partial charge in [0.25, 0.3) is 0 Å². The maximum atomic E-state index is 6.65. The lowest BCUT2D eigenvalue weighted by Gasteiger charge is -2.28. The van der Waals surface area contributed by atoms with Gasteiger partial charge in [0.15, 0.2) is 11.5 Å². The van der Waals surface area contributed by atoms with Gasteiger partial charge in [0.1, 0.15) is 23.9 Å². The molecule has 2 aromatic rings. The van der Waals surface area contributed by atoms with Gasteiger partial charge in [-0.15, -0.1) is 0 Å². The predicted molar refractivity (Wildman–Crippen MR) is 135 cm³/mol. The normalized spacial score (nSPS) is 14.5. The van der Waals surface area contributed by atoms with Crippen molar-refractivity contribution in [3.8, 4) is 0 Å². The molecule has 3 heterocycles. The molecule has 192 valence electrons. The lowest BCUT2D eigenvalue weighted by Crippen LogP contribution is -2.49. The number of anilines is 4. The van der Waals surface area contributed by atoms with Crippen molar-refractivity contribution in [2.75, 3.05) is 81.3 Å². The number of ether oxygens (including phenoxy) is 3. The molecule has 0 amide bonds. The number of piperazine rings is 1. The van der Waals surface area contributed by atoms with Gasteiger partial charge in [-0.1, -0.05) is 0 Å². The first kappa shape index (κ1) is 26.7. The highest BCUT2D eigenvalue weighted by atomic mass is 16.5. The van der Waals surface area contributed by atoms with Gasteiger partial charge < -0.3 is 35.1 Å².